The smallest absolute Gasteiger partial charge is 0.0482 e. The fourth-order valence-electron chi connectivity index (χ4n) is 3.07. The van der Waals surface area contributed by atoms with Gasteiger partial charge in [0.2, 0.25) is 0 Å². The van der Waals surface area contributed by atoms with Crippen molar-refractivity contribution >= 4 is 0 Å². The predicted molar refractivity (Wildman–Crippen MR) is 75.7 cm³/mol. The Labute approximate surface area is 112 Å². The standard InChI is InChI=1S/C15H30N2O/c1-12-9-13(10-17(12)14-5-6-14)16-8-4-7-15(2,3)11-18/h12-14,16,18H,4-11H2,1-3H3. The van der Waals surface area contributed by atoms with Crippen molar-refractivity contribution in [2.24, 2.45) is 5.41 Å². The first-order chi connectivity index (χ1) is 8.52. The van der Waals surface area contributed by atoms with Crippen molar-refractivity contribution in [1.82, 2.24) is 10.2 Å². The molecule has 18 heavy (non-hydrogen) atoms. The van der Waals surface area contributed by atoms with Crippen LogP contribution in [0.5, 0.6) is 0 Å². The maximum atomic E-state index is 9.22. The third-order valence-corrected chi connectivity index (χ3v) is 4.53. The van der Waals surface area contributed by atoms with Gasteiger partial charge < -0.3 is 10.4 Å². The summed E-state index contributed by atoms with van der Waals surface area (Å²) in [6.07, 6.45) is 6.41. The SMILES string of the molecule is CC1CC(NCCCC(C)(C)CO)CN1C1CC1. The second kappa shape index (κ2) is 5.89. The molecule has 0 aromatic carbocycles. The van der Waals surface area contributed by atoms with Crippen molar-refractivity contribution in [3.63, 3.8) is 0 Å². The lowest BCUT2D eigenvalue weighted by Gasteiger charge is -2.22. The Balaban J connectivity index is 1.60. The second-order valence-corrected chi connectivity index (χ2v) is 7.09. The first kappa shape index (κ1) is 14.3. The zero-order chi connectivity index (χ0) is 13.2. The summed E-state index contributed by atoms with van der Waals surface area (Å²) in [4.78, 5) is 2.69. The van der Waals surface area contributed by atoms with Gasteiger partial charge in [-0.2, -0.15) is 0 Å². The first-order valence-electron chi connectivity index (χ1n) is 7.62. The fourth-order valence-corrected chi connectivity index (χ4v) is 3.07. The maximum Gasteiger partial charge on any atom is 0.0482 e. The molecule has 106 valence electrons. The molecule has 1 heterocycles. The topological polar surface area (TPSA) is 35.5 Å². The van der Waals surface area contributed by atoms with Crippen molar-refractivity contribution in [3.8, 4) is 0 Å². The Hall–Kier alpha value is -0.120. The minimum atomic E-state index is 0.0880. The van der Waals surface area contributed by atoms with Gasteiger partial charge in [-0.15, -0.1) is 0 Å². The van der Waals surface area contributed by atoms with Crippen molar-refractivity contribution < 1.29 is 5.11 Å². The Bertz CT molecular complexity index is 263. The van der Waals surface area contributed by atoms with Gasteiger partial charge in [0.15, 0.2) is 0 Å². The molecular formula is C15H30N2O. The number of hydrogen-bond donors (Lipinski definition) is 2. The molecule has 0 aromatic rings. The van der Waals surface area contributed by atoms with Gasteiger partial charge in [-0.25, -0.2) is 0 Å². The molecule has 1 saturated carbocycles. The molecule has 1 saturated heterocycles. The van der Waals surface area contributed by atoms with Crippen LogP contribution in [-0.2, 0) is 0 Å². The van der Waals surface area contributed by atoms with Crippen LogP contribution in [0, 0.1) is 5.41 Å². The van der Waals surface area contributed by atoms with E-state index >= 15 is 0 Å². The largest absolute Gasteiger partial charge is 0.396 e. The predicted octanol–water partition coefficient (Wildman–Crippen LogP) is 2.00. The molecule has 0 radical (unpaired) electrons. The maximum absolute atomic E-state index is 9.22. The molecule has 1 aliphatic heterocycles. The summed E-state index contributed by atoms with van der Waals surface area (Å²) in [6.45, 7) is 9.28. The normalized spacial score (nSPS) is 30.0. The van der Waals surface area contributed by atoms with E-state index in [0.717, 1.165) is 25.0 Å². The van der Waals surface area contributed by atoms with E-state index in [1.165, 1.54) is 32.2 Å². The van der Waals surface area contributed by atoms with Gasteiger partial charge in [-0.3, -0.25) is 4.90 Å². The van der Waals surface area contributed by atoms with Crippen molar-refractivity contribution in [2.75, 3.05) is 19.7 Å². The van der Waals surface area contributed by atoms with Gasteiger partial charge >= 0.3 is 0 Å². The van der Waals surface area contributed by atoms with Crippen LogP contribution in [0.1, 0.15) is 52.9 Å². The summed E-state index contributed by atoms with van der Waals surface area (Å²) in [5, 5.41) is 12.9. The number of aliphatic hydroxyl groups excluding tert-OH is 1. The summed E-state index contributed by atoms with van der Waals surface area (Å²) >= 11 is 0. The average Bonchev–Trinajstić information content (AvgIpc) is 3.10. The van der Waals surface area contributed by atoms with Crippen LogP contribution in [0.2, 0.25) is 0 Å². The lowest BCUT2D eigenvalue weighted by Crippen LogP contribution is -2.35. The van der Waals surface area contributed by atoms with E-state index in [1.54, 1.807) is 0 Å². The highest BCUT2D eigenvalue weighted by atomic mass is 16.3. The van der Waals surface area contributed by atoms with Crippen LogP contribution in [0.4, 0.5) is 0 Å². The van der Waals surface area contributed by atoms with Gasteiger partial charge in [0.25, 0.3) is 0 Å². The summed E-state index contributed by atoms with van der Waals surface area (Å²) in [6, 6.07) is 2.36. The molecule has 2 unspecified atom stereocenters. The van der Waals surface area contributed by atoms with E-state index < -0.39 is 0 Å². The number of likely N-dealkylation sites (tertiary alicyclic amines) is 1. The highest BCUT2D eigenvalue weighted by molar-refractivity contribution is 4.95. The molecule has 3 heteroatoms. The van der Waals surface area contributed by atoms with Crippen LogP contribution >= 0.6 is 0 Å². The zero-order valence-corrected chi connectivity index (χ0v) is 12.3. The van der Waals surface area contributed by atoms with Crippen molar-refractivity contribution in [2.45, 2.75) is 71.0 Å². The zero-order valence-electron chi connectivity index (χ0n) is 12.3. The molecule has 2 aliphatic rings. The molecule has 2 rings (SSSR count). The summed E-state index contributed by atoms with van der Waals surface area (Å²) in [5.74, 6) is 0. The number of nitrogens with one attached hydrogen (secondary N) is 1. The minimum Gasteiger partial charge on any atom is -0.396 e. The summed E-state index contributed by atoms with van der Waals surface area (Å²) < 4.78 is 0. The van der Waals surface area contributed by atoms with E-state index in [-0.39, 0.29) is 5.41 Å². The van der Waals surface area contributed by atoms with Crippen molar-refractivity contribution in [3.05, 3.63) is 0 Å². The Morgan fingerprint density at radius 3 is 2.67 bits per heavy atom. The van der Waals surface area contributed by atoms with Crippen LogP contribution in [0.25, 0.3) is 0 Å². The molecular weight excluding hydrogens is 224 g/mol. The van der Waals surface area contributed by atoms with Gasteiger partial charge in [0.05, 0.1) is 0 Å². The monoisotopic (exact) mass is 254 g/mol. The first-order valence-corrected chi connectivity index (χ1v) is 7.62. The van der Waals surface area contributed by atoms with Crippen LogP contribution in [0.15, 0.2) is 0 Å². The number of rotatable bonds is 7. The van der Waals surface area contributed by atoms with Gasteiger partial charge in [0.1, 0.15) is 0 Å². The van der Waals surface area contributed by atoms with Gasteiger partial charge in [-0.05, 0) is 51.0 Å². The third-order valence-electron chi connectivity index (χ3n) is 4.53. The highest BCUT2D eigenvalue weighted by Crippen LogP contribution is 2.33. The van der Waals surface area contributed by atoms with Gasteiger partial charge in [-0.1, -0.05) is 13.8 Å². The van der Waals surface area contributed by atoms with Crippen molar-refractivity contribution in [1.29, 1.82) is 0 Å². The van der Waals surface area contributed by atoms with E-state index in [4.69, 9.17) is 0 Å². The van der Waals surface area contributed by atoms with Gasteiger partial charge in [0, 0.05) is 31.3 Å². The van der Waals surface area contributed by atoms with Crippen LogP contribution in [-0.4, -0.2) is 47.8 Å². The molecule has 0 bridgehead atoms. The van der Waals surface area contributed by atoms with Crippen LogP contribution in [0.3, 0.4) is 0 Å². The lowest BCUT2D eigenvalue weighted by molar-refractivity contribution is 0.147. The molecule has 0 aromatic heterocycles. The summed E-state index contributed by atoms with van der Waals surface area (Å²) in [5.41, 5.74) is 0.0880. The number of nitrogens with zero attached hydrogens (tertiary/aromatic N) is 1. The van der Waals surface area contributed by atoms with E-state index in [1.807, 2.05) is 0 Å². The Kier molecular flexibility index (Phi) is 4.68. The molecule has 2 atom stereocenters. The van der Waals surface area contributed by atoms with E-state index in [0.29, 0.717) is 12.6 Å². The minimum absolute atomic E-state index is 0.0880. The molecule has 2 fully saturated rings. The van der Waals surface area contributed by atoms with E-state index in [2.05, 4.69) is 31.0 Å². The second-order valence-electron chi connectivity index (χ2n) is 7.09. The quantitative estimate of drug-likeness (QED) is 0.682. The Morgan fingerprint density at radius 2 is 2.06 bits per heavy atom. The number of aliphatic hydroxyl groups is 1. The van der Waals surface area contributed by atoms with E-state index in [9.17, 15) is 5.11 Å². The third kappa shape index (κ3) is 3.94. The Morgan fingerprint density at radius 1 is 1.33 bits per heavy atom. The molecule has 1 aliphatic carbocycles. The molecule has 2 N–H and O–H groups in total. The van der Waals surface area contributed by atoms with Crippen LogP contribution < -0.4 is 5.32 Å². The summed E-state index contributed by atoms with van der Waals surface area (Å²) in [7, 11) is 0. The lowest BCUT2D eigenvalue weighted by atomic mass is 9.89. The molecule has 0 amide bonds. The fraction of sp³-hybridized carbons (Fsp3) is 1.00. The molecule has 0 spiro atoms. The average molecular weight is 254 g/mol. The highest BCUT2D eigenvalue weighted by Gasteiger charge is 2.38. The molecule has 3 nitrogen and oxygen atoms in total. The number of hydrogen-bond acceptors (Lipinski definition) is 3.